The highest BCUT2D eigenvalue weighted by molar-refractivity contribution is 5.92. The number of amides is 1. The Morgan fingerprint density at radius 1 is 1.57 bits per heavy atom. The van der Waals surface area contributed by atoms with Gasteiger partial charge in [-0.25, -0.2) is 0 Å². The smallest absolute Gasteiger partial charge is 0.267 e. The van der Waals surface area contributed by atoms with E-state index in [9.17, 15) is 4.79 Å². The molecule has 0 saturated carbocycles. The molecule has 1 amide bonds. The highest BCUT2D eigenvalue weighted by Crippen LogP contribution is 1.95. The molecular formula is C11H14N2O. The molecule has 3 heteroatoms. The Kier molecular flexibility index (Phi) is 4.36. The van der Waals surface area contributed by atoms with Crippen molar-refractivity contribution in [1.29, 1.82) is 0 Å². The molecule has 74 valence electrons. The fraction of sp³-hybridized carbons (Fsp3) is 0.364. The summed E-state index contributed by atoms with van der Waals surface area (Å²) >= 11 is 0. The van der Waals surface area contributed by atoms with E-state index in [-0.39, 0.29) is 5.91 Å². The minimum Gasteiger partial charge on any atom is -0.357 e. The molecule has 1 rings (SSSR count). The number of terminal acetylenes is 1. The molecule has 0 spiro atoms. The Labute approximate surface area is 83.9 Å². The highest BCUT2D eigenvalue weighted by Gasteiger charge is 2.03. The van der Waals surface area contributed by atoms with Crippen molar-refractivity contribution in [1.82, 2.24) is 10.3 Å². The first-order valence-corrected chi connectivity index (χ1v) is 4.69. The zero-order chi connectivity index (χ0) is 10.2. The van der Waals surface area contributed by atoms with Crippen LogP contribution in [0.3, 0.4) is 0 Å². The van der Waals surface area contributed by atoms with E-state index in [1.54, 1.807) is 18.3 Å². The summed E-state index contributed by atoms with van der Waals surface area (Å²) in [6.07, 6.45) is 9.50. The Bertz CT molecular complexity index is 309. The van der Waals surface area contributed by atoms with Gasteiger partial charge in [0.15, 0.2) is 0 Å². The number of hydrogen-bond donors (Lipinski definition) is 2. The average Bonchev–Trinajstić information content (AvgIpc) is 2.70. The van der Waals surface area contributed by atoms with Crippen LogP contribution in [-0.2, 0) is 0 Å². The zero-order valence-corrected chi connectivity index (χ0v) is 8.05. The van der Waals surface area contributed by atoms with Gasteiger partial charge < -0.3 is 10.3 Å². The number of aromatic nitrogens is 1. The van der Waals surface area contributed by atoms with Crippen molar-refractivity contribution in [3.05, 3.63) is 24.0 Å². The van der Waals surface area contributed by atoms with Gasteiger partial charge in [0.05, 0.1) is 0 Å². The van der Waals surface area contributed by atoms with E-state index in [1.165, 1.54) is 0 Å². The van der Waals surface area contributed by atoms with Gasteiger partial charge in [-0.3, -0.25) is 4.79 Å². The molecule has 1 aromatic heterocycles. The maximum absolute atomic E-state index is 11.4. The average molecular weight is 190 g/mol. The summed E-state index contributed by atoms with van der Waals surface area (Å²) in [5.74, 6) is 2.50. The summed E-state index contributed by atoms with van der Waals surface area (Å²) in [7, 11) is 0. The molecule has 0 saturated heterocycles. The first-order valence-electron chi connectivity index (χ1n) is 4.69. The van der Waals surface area contributed by atoms with Crippen molar-refractivity contribution < 1.29 is 4.79 Å². The number of aromatic amines is 1. The third-order valence-corrected chi connectivity index (χ3v) is 1.88. The molecule has 0 aromatic carbocycles. The van der Waals surface area contributed by atoms with Gasteiger partial charge in [0.25, 0.3) is 5.91 Å². The molecule has 0 atom stereocenters. The number of unbranched alkanes of at least 4 members (excludes halogenated alkanes) is 2. The number of H-pyrrole nitrogens is 1. The predicted octanol–water partition coefficient (Wildman–Crippen LogP) is 1.55. The van der Waals surface area contributed by atoms with E-state index < -0.39 is 0 Å². The summed E-state index contributed by atoms with van der Waals surface area (Å²) in [5.41, 5.74) is 0.599. The van der Waals surface area contributed by atoms with Crippen molar-refractivity contribution >= 4 is 5.91 Å². The molecule has 0 aliphatic carbocycles. The largest absolute Gasteiger partial charge is 0.357 e. The Morgan fingerprint density at radius 3 is 3.07 bits per heavy atom. The summed E-state index contributed by atoms with van der Waals surface area (Å²) in [6, 6.07) is 3.55. The summed E-state index contributed by atoms with van der Waals surface area (Å²) < 4.78 is 0. The monoisotopic (exact) mass is 190 g/mol. The van der Waals surface area contributed by atoms with Gasteiger partial charge in [-0.15, -0.1) is 12.3 Å². The number of nitrogens with one attached hydrogen (secondary N) is 2. The van der Waals surface area contributed by atoms with E-state index >= 15 is 0 Å². The number of carbonyl (C=O) groups excluding carboxylic acids is 1. The molecule has 2 N–H and O–H groups in total. The molecular weight excluding hydrogens is 176 g/mol. The number of hydrogen-bond acceptors (Lipinski definition) is 1. The third-order valence-electron chi connectivity index (χ3n) is 1.88. The van der Waals surface area contributed by atoms with Gasteiger partial charge in [-0.1, -0.05) is 0 Å². The first-order chi connectivity index (χ1) is 6.84. The van der Waals surface area contributed by atoms with E-state index in [2.05, 4.69) is 16.2 Å². The van der Waals surface area contributed by atoms with Crippen molar-refractivity contribution in [2.24, 2.45) is 0 Å². The minimum atomic E-state index is -0.0595. The number of rotatable bonds is 5. The third kappa shape index (κ3) is 3.36. The van der Waals surface area contributed by atoms with Crippen LogP contribution in [0.25, 0.3) is 0 Å². The molecule has 3 nitrogen and oxygen atoms in total. The van der Waals surface area contributed by atoms with E-state index in [1.807, 2.05) is 0 Å². The molecule has 0 bridgehead atoms. The van der Waals surface area contributed by atoms with E-state index in [4.69, 9.17) is 6.42 Å². The van der Waals surface area contributed by atoms with Crippen LogP contribution in [-0.4, -0.2) is 17.4 Å². The zero-order valence-electron chi connectivity index (χ0n) is 8.05. The lowest BCUT2D eigenvalue weighted by atomic mass is 10.2. The predicted molar refractivity (Wildman–Crippen MR) is 55.8 cm³/mol. The fourth-order valence-electron chi connectivity index (χ4n) is 1.12. The molecule has 0 unspecified atom stereocenters. The molecule has 0 aliphatic rings. The van der Waals surface area contributed by atoms with Crippen LogP contribution < -0.4 is 5.32 Å². The van der Waals surface area contributed by atoms with Crippen LogP contribution in [0, 0.1) is 12.3 Å². The van der Waals surface area contributed by atoms with E-state index in [0.29, 0.717) is 12.2 Å². The van der Waals surface area contributed by atoms with Crippen LogP contribution in [0.1, 0.15) is 29.8 Å². The molecule has 0 fully saturated rings. The molecule has 0 aliphatic heterocycles. The van der Waals surface area contributed by atoms with Crippen LogP contribution in [0.15, 0.2) is 18.3 Å². The topological polar surface area (TPSA) is 44.9 Å². The van der Waals surface area contributed by atoms with Crippen molar-refractivity contribution in [2.45, 2.75) is 19.3 Å². The Balaban J connectivity index is 2.14. The molecule has 1 heterocycles. The lowest BCUT2D eigenvalue weighted by Crippen LogP contribution is -2.24. The first kappa shape index (κ1) is 10.4. The Hall–Kier alpha value is -1.69. The van der Waals surface area contributed by atoms with Crippen molar-refractivity contribution in [2.75, 3.05) is 6.54 Å². The van der Waals surface area contributed by atoms with Crippen molar-refractivity contribution in [3.8, 4) is 12.3 Å². The molecule has 1 aromatic rings. The van der Waals surface area contributed by atoms with Gasteiger partial charge in [-0.2, -0.15) is 0 Å². The van der Waals surface area contributed by atoms with Crippen LogP contribution in [0.2, 0.25) is 0 Å². The molecule has 0 radical (unpaired) electrons. The second-order valence-corrected chi connectivity index (χ2v) is 3.00. The standard InChI is InChI=1S/C11H14N2O/c1-2-3-4-5-8-13-11(14)10-7-6-9-12-10/h1,6-7,9,12H,3-5,8H2,(H,13,14). The number of carbonyl (C=O) groups is 1. The van der Waals surface area contributed by atoms with Gasteiger partial charge >= 0.3 is 0 Å². The highest BCUT2D eigenvalue weighted by atomic mass is 16.1. The second-order valence-electron chi connectivity index (χ2n) is 3.00. The van der Waals surface area contributed by atoms with Crippen LogP contribution >= 0.6 is 0 Å². The van der Waals surface area contributed by atoms with Crippen LogP contribution in [0.4, 0.5) is 0 Å². The Morgan fingerprint density at radius 2 is 2.43 bits per heavy atom. The maximum Gasteiger partial charge on any atom is 0.267 e. The minimum absolute atomic E-state index is 0.0595. The van der Waals surface area contributed by atoms with Gasteiger partial charge in [0, 0.05) is 19.2 Å². The maximum atomic E-state index is 11.4. The second kappa shape index (κ2) is 5.87. The van der Waals surface area contributed by atoms with Gasteiger partial charge in [0.1, 0.15) is 5.69 Å². The summed E-state index contributed by atoms with van der Waals surface area (Å²) in [6.45, 7) is 0.680. The summed E-state index contributed by atoms with van der Waals surface area (Å²) in [4.78, 5) is 14.2. The normalized spacial score (nSPS) is 9.36. The summed E-state index contributed by atoms with van der Waals surface area (Å²) in [5, 5.41) is 2.81. The lowest BCUT2D eigenvalue weighted by Gasteiger charge is -2.01. The van der Waals surface area contributed by atoms with Crippen LogP contribution in [0.5, 0.6) is 0 Å². The van der Waals surface area contributed by atoms with Gasteiger partial charge in [-0.05, 0) is 25.0 Å². The quantitative estimate of drug-likeness (QED) is 0.537. The van der Waals surface area contributed by atoms with Crippen molar-refractivity contribution in [3.63, 3.8) is 0 Å². The SMILES string of the molecule is C#CCCCCNC(=O)c1ccc[nH]1. The molecule has 14 heavy (non-hydrogen) atoms. The fourth-order valence-corrected chi connectivity index (χ4v) is 1.12. The van der Waals surface area contributed by atoms with Gasteiger partial charge in [0.2, 0.25) is 0 Å². The lowest BCUT2D eigenvalue weighted by molar-refractivity contribution is 0.0948. The van der Waals surface area contributed by atoms with E-state index in [0.717, 1.165) is 19.3 Å².